The highest BCUT2D eigenvalue weighted by molar-refractivity contribution is 5.77. The first-order valence-electron chi connectivity index (χ1n) is 6.41. The van der Waals surface area contributed by atoms with Crippen LogP contribution in [0.3, 0.4) is 0 Å². The molecule has 6 heteroatoms. The molecule has 1 fully saturated rings. The van der Waals surface area contributed by atoms with Gasteiger partial charge in [-0.2, -0.15) is 0 Å². The molecule has 6 nitrogen and oxygen atoms in total. The number of H-pyrrole nitrogens is 1. The normalized spacial score (nSPS) is 17.8. The number of hydrogen-bond donors (Lipinski definition) is 3. The molecule has 100 valence electrons. The van der Waals surface area contributed by atoms with Crippen molar-refractivity contribution in [1.29, 1.82) is 0 Å². The molecule has 3 N–H and O–H groups in total. The van der Waals surface area contributed by atoms with Crippen LogP contribution < -0.4 is 10.6 Å². The summed E-state index contributed by atoms with van der Waals surface area (Å²) >= 11 is 0. The van der Waals surface area contributed by atoms with Gasteiger partial charge in [0.25, 0.3) is 0 Å². The number of nitrogens with one attached hydrogen (secondary N) is 3. The van der Waals surface area contributed by atoms with Crippen molar-refractivity contribution >= 4 is 5.91 Å². The van der Waals surface area contributed by atoms with Gasteiger partial charge in [-0.15, -0.1) is 0 Å². The van der Waals surface area contributed by atoms with Crippen molar-refractivity contribution in [2.45, 2.75) is 25.4 Å². The summed E-state index contributed by atoms with van der Waals surface area (Å²) in [6.07, 6.45) is 5.72. The first-order valence-corrected chi connectivity index (χ1v) is 6.41. The number of nitrogens with zero attached hydrogens (tertiary/aromatic N) is 2. The van der Waals surface area contributed by atoms with Gasteiger partial charge in [0.2, 0.25) is 5.91 Å². The Morgan fingerprint density at radius 2 is 2.33 bits per heavy atom. The Bertz CT molecular complexity index is 357. The van der Waals surface area contributed by atoms with E-state index in [2.05, 4.69) is 25.5 Å². The summed E-state index contributed by atoms with van der Waals surface area (Å²) in [6.45, 7) is 3.31. The van der Waals surface area contributed by atoms with Gasteiger partial charge in [-0.1, -0.05) is 0 Å². The summed E-state index contributed by atoms with van der Waals surface area (Å²) in [5.41, 5.74) is 1.11. The fourth-order valence-corrected chi connectivity index (χ4v) is 2.21. The number of piperidine rings is 1. The molecule has 2 rings (SSSR count). The van der Waals surface area contributed by atoms with Gasteiger partial charge in [0.15, 0.2) is 0 Å². The third-order valence-electron chi connectivity index (χ3n) is 3.37. The minimum Gasteiger partial charge on any atom is -0.358 e. The topological polar surface area (TPSA) is 73.1 Å². The Kier molecular flexibility index (Phi) is 4.72. The lowest BCUT2D eigenvalue weighted by Crippen LogP contribution is -2.45. The van der Waals surface area contributed by atoms with E-state index in [0.717, 1.165) is 38.2 Å². The van der Waals surface area contributed by atoms with Crippen molar-refractivity contribution in [3.8, 4) is 0 Å². The van der Waals surface area contributed by atoms with Gasteiger partial charge in [-0.05, 0) is 12.8 Å². The van der Waals surface area contributed by atoms with E-state index in [1.165, 1.54) is 0 Å². The number of carbonyl (C=O) groups is 1. The van der Waals surface area contributed by atoms with Crippen LogP contribution in [0.25, 0.3) is 0 Å². The zero-order valence-electron chi connectivity index (χ0n) is 10.8. The predicted octanol–water partition coefficient (Wildman–Crippen LogP) is -0.290. The first kappa shape index (κ1) is 13.0. The smallest absolute Gasteiger partial charge is 0.233 e. The lowest BCUT2D eigenvalue weighted by atomic mass is 10.0. The van der Waals surface area contributed by atoms with Gasteiger partial charge in [0.05, 0.1) is 12.9 Å². The summed E-state index contributed by atoms with van der Waals surface area (Å²) in [6, 6.07) is 0.536. The molecule has 0 bridgehead atoms. The maximum atomic E-state index is 11.3. The highest BCUT2D eigenvalue weighted by Crippen LogP contribution is 2.10. The van der Waals surface area contributed by atoms with Crippen LogP contribution >= 0.6 is 0 Å². The lowest BCUT2D eigenvalue weighted by molar-refractivity contribution is -0.122. The second kappa shape index (κ2) is 6.51. The average molecular weight is 251 g/mol. The number of likely N-dealkylation sites (N-methyl/N-ethyl adjacent to an activating group) is 1. The molecule has 0 saturated carbocycles. The summed E-state index contributed by atoms with van der Waals surface area (Å²) in [5.74, 6) is 0.0962. The lowest BCUT2D eigenvalue weighted by Gasteiger charge is -2.31. The monoisotopic (exact) mass is 251 g/mol. The quantitative estimate of drug-likeness (QED) is 0.672. The summed E-state index contributed by atoms with van der Waals surface area (Å²) in [7, 11) is 1.68. The maximum Gasteiger partial charge on any atom is 0.233 e. The van der Waals surface area contributed by atoms with Crippen molar-refractivity contribution in [2.24, 2.45) is 0 Å². The van der Waals surface area contributed by atoms with Crippen molar-refractivity contribution in [2.75, 3.05) is 26.7 Å². The van der Waals surface area contributed by atoms with Crippen LogP contribution in [0.5, 0.6) is 0 Å². The minimum atomic E-state index is 0.0962. The fourth-order valence-electron chi connectivity index (χ4n) is 2.21. The third-order valence-corrected chi connectivity index (χ3v) is 3.37. The molecule has 2 heterocycles. The van der Waals surface area contributed by atoms with Crippen LogP contribution in [-0.2, 0) is 11.3 Å². The SMILES string of the molecule is CNC(=O)CN1CCC(NCc2cnc[nH]2)CC1. The summed E-state index contributed by atoms with van der Waals surface area (Å²) in [5, 5.41) is 6.17. The molecule has 1 saturated heterocycles. The zero-order valence-corrected chi connectivity index (χ0v) is 10.8. The Hall–Kier alpha value is -1.40. The standard InChI is InChI=1S/C12H21N5O/c1-13-12(18)8-17-4-2-10(3-5-17)15-7-11-6-14-9-16-11/h6,9-10,15H,2-5,7-8H2,1H3,(H,13,18)(H,14,16). The molecular weight excluding hydrogens is 230 g/mol. The Morgan fingerprint density at radius 3 is 2.94 bits per heavy atom. The number of rotatable bonds is 5. The van der Waals surface area contributed by atoms with Gasteiger partial charge >= 0.3 is 0 Å². The Morgan fingerprint density at radius 1 is 1.56 bits per heavy atom. The van der Waals surface area contributed by atoms with Crippen LogP contribution in [0.2, 0.25) is 0 Å². The molecule has 1 amide bonds. The van der Waals surface area contributed by atoms with Crippen LogP contribution in [0.4, 0.5) is 0 Å². The van der Waals surface area contributed by atoms with Gasteiger partial charge in [0.1, 0.15) is 0 Å². The molecule has 1 aromatic rings. The first-order chi connectivity index (χ1) is 8.78. The predicted molar refractivity (Wildman–Crippen MR) is 69.0 cm³/mol. The van der Waals surface area contributed by atoms with Crippen LogP contribution in [0.15, 0.2) is 12.5 Å². The van der Waals surface area contributed by atoms with Gasteiger partial charge < -0.3 is 15.6 Å². The molecule has 1 aliphatic heterocycles. The molecule has 0 unspecified atom stereocenters. The Balaban J connectivity index is 1.65. The minimum absolute atomic E-state index is 0.0962. The Labute approximate surface area is 107 Å². The van der Waals surface area contributed by atoms with E-state index in [4.69, 9.17) is 0 Å². The number of likely N-dealkylation sites (tertiary alicyclic amines) is 1. The largest absolute Gasteiger partial charge is 0.358 e. The molecular formula is C12H21N5O. The number of imidazole rings is 1. The van der Waals surface area contributed by atoms with Crippen molar-refractivity contribution in [3.63, 3.8) is 0 Å². The number of aromatic amines is 1. The third kappa shape index (κ3) is 3.82. The zero-order chi connectivity index (χ0) is 12.8. The van der Waals surface area contributed by atoms with E-state index in [9.17, 15) is 4.79 Å². The van der Waals surface area contributed by atoms with Gasteiger partial charge in [0, 0.05) is 44.6 Å². The molecule has 0 aliphatic carbocycles. The molecule has 0 atom stereocenters. The number of amides is 1. The van der Waals surface area contributed by atoms with Gasteiger partial charge in [-0.25, -0.2) is 4.98 Å². The van der Waals surface area contributed by atoms with Crippen LogP contribution in [0.1, 0.15) is 18.5 Å². The molecule has 0 spiro atoms. The van der Waals surface area contributed by atoms with Crippen LogP contribution in [-0.4, -0.2) is 53.5 Å². The average Bonchev–Trinajstić information content (AvgIpc) is 2.91. The highest BCUT2D eigenvalue weighted by atomic mass is 16.1. The van der Waals surface area contributed by atoms with E-state index in [1.54, 1.807) is 13.4 Å². The molecule has 0 radical (unpaired) electrons. The summed E-state index contributed by atoms with van der Waals surface area (Å²) in [4.78, 5) is 20.5. The molecule has 1 aromatic heterocycles. The van der Waals surface area contributed by atoms with E-state index in [0.29, 0.717) is 12.6 Å². The second-order valence-electron chi connectivity index (χ2n) is 4.68. The fraction of sp³-hybridized carbons (Fsp3) is 0.667. The molecule has 0 aromatic carbocycles. The molecule has 1 aliphatic rings. The van der Waals surface area contributed by atoms with E-state index in [1.807, 2.05) is 6.20 Å². The second-order valence-corrected chi connectivity index (χ2v) is 4.68. The van der Waals surface area contributed by atoms with Crippen LogP contribution in [0, 0.1) is 0 Å². The van der Waals surface area contributed by atoms with Crippen molar-refractivity contribution in [1.82, 2.24) is 25.5 Å². The van der Waals surface area contributed by atoms with E-state index < -0.39 is 0 Å². The summed E-state index contributed by atoms with van der Waals surface area (Å²) < 4.78 is 0. The van der Waals surface area contributed by atoms with Gasteiger partial charge in [-0.3, -0.25) is 9.69 Å². The van der Waals surface area contributed by atoms with E-state index in [-0.39, 0.29) is 5.91 Å². The maximum absolute atomic E-state index is 11.3. The van der Waals surface area contributed by atoms with Crippen molar-refractivity contribution < 1.29 is 4.79 Å². The molecule has 18 heavy (non-hydrogen) atoms. The number of carbonyl (C=O) groups excluding carboxylic acids is 1. The number of aromatic nitrogens is 2. The van der Waals surface area contributed by atoms with E-state index >= 15 is 0 Å². The number of hydrogen-bond acceptors (Lipinski definition) is 4. The highest BCUT2D eigenvalue weighted by Gasteiger charge is 2.19. The van der Waals surface area contributed by atoms with Crippen molar-refractivity contribution in [3.05, 3.63) is 18.2 Å².